The van der Waals surface area contributed by atoms with Crippen molar-refractivity contribution in [2.24, 2.45) is 5.92 Å². The number of aromatic nitrogens is 1. The molecule has 1 amide bonds. The molecule has 33 heavy (non-hydrogen) atoms. The number of carbonyl (C=O) groups is 2. The van der Waals surface area contributed by atoms with Crippen LogP contribution in [0, 0.1) is 12.8 Å². The molecule has 0 spiro atoms. The Morgan fingerprint density at radius 1 is 1.18 bits per heavy atom. The van der Waals surface area contributed by atoms with Crippen molar-refractivity contribution in [3.05, 3.63) is 63.5 Å². The van der Waals surface area contributed by atoms with E-state index in [0.717, 1.165) is 54.5 Å². The third-order valence-corrected chi connectivity index (χ3v) is 7.23. The van der Waals surface area contributed by atoms with Crippen molar-refractivity contribution >= 4 is 34.1 Å². The van der Waals surface area contributed by atoms with Crippen molar-refractivity contribution in [1.29, 1.82) is 0 Å². The van der Waals surface area contributed by atoms with Gasteiger partial charge in [-0.1, -0.05) is 24.3 Å². The number of thiophene rings is 1. The Bertz CT molecular complexity index is 1110. The molecule has 1 N–H and O–H groups in total. The highest BCUT2D eigenvalue weighted by atomic mass is 32.1. The number of nitrogens with one attached hydrogen (secondary N) is 1. The molecule has 0 bridgehead atoms. The summed E-state index contributed by atoms with van der Waals surface area (Å²) >= 11 is 1.72. The van der Waals surface area contributed by atoms with Crippen LogP contribution in [0.25, 0.3) is 10.9 Å². The van der Waals surface area contributed by atoms with E-state index in [1.54, 1.807) is 11.3 Å². The van der Waals surface area contributed by atoms with Gasteiger partial charge < -0.3 is 10.1 Å². The summed E-state index contributed by atoms with van der Waals surface area (Å²) in [6.07, 6.45) is 2.50. The average Bonchev–Trinajstić information content (AvgIpc) is 3.33. The average molecular weight is 466 g/mol. The number of fused-ring (bicyclic) bond motifs is 1. The van der Waals surface area contributed by atoms with Crippen molar-refractivity contribution in [2.45, 2.75) is 39.7 Å². The fraction of sp³-hybridized carbons (Fsp3) is 0.423. The van der Waals surface area contributed by atoms with E-state index in [1.165, 1.54) is 4.88 Å². The molecule has 3 heterocycles. The lowest BCUT2D eigenvalue weighted by Gasteiger charge is -2.31. The van der Waals surface area contributed by atoms with Gasteiger partial charge in [-0.25, -0.2) is 4.79 Å². The van der Waals surface area contributed by atoms with Crippen LogP contribution >= 0.6 is 11.3 Å². The van der Waals surface area contributed by atoms with E-state index in [4.69, 9.17) is 9.72 Å². The zero-order valence-corrected chi connectivity index (χ0v) is 20.1. The Morgan fingerprint density at radius 3 is 2.70 bits per heavy atom. The summed E-state index contributed by atoms with van der Waals surface area (Å²) in [5.41, 5.74) is 3.12. The number of hydrogen-bond donors (Lipinski definition) is 1. The van der Waals surface area contributed by atoms with E-state index in [9.17, 15) is 9.59 Å². The summed E-state index contributed by atoms with van der Waals surface area (Å²) in [6, 6.07) is 12.0. The highest BCUT2D eigenvalue weighted by Crippen LogP contribution is 2.26. The van der Waals surface area contributed by atoms with Crippen molar-refractivity contribution in [1.82, 2.24) is 15.2 Å². The predicted octanol–water partition coefficient (Wildman–Crippen LogP) is 4.35. The molecule has 7 heteroatoms. The first kappa shape index (κ1) is 23.4. The highest BCUT2D eigenvalue weighted by molar-refractivity contribution is 7.09. The van der Waals surface area contributed by atoms with Crippen LogP contribution in [0.1, 0.15) is 46.3 Å². The molecule has 1 aliphatic rings. The third kappa shape index (κ3) is 5.60. The Hall–Kier alpha value is -2.77. The molecule has 0 unspecified atom stereocenters. The van der Waals surface area contributed by atoms with E-state index in [-0.39, 0.29) is 17.8 Å². The number of ether oxygens (including phenoxy) is 1. The van der Waals surface area contributed by atoms with Crippen LogP contribution in [-0.4, -0.2) is 48.0 Å². The Kier molecular flexibility index (Phi) is 7.73. The number of aryl methyl sites for hydroxylation is 1. The lowest BCUT2D eigenvalue weighted by Crippen LogP contribution is -2.41. The number of benzene rings is 1. The Balaban J connectivity index is 1.39. The lowest BCUT2D eigenvalue weighted by atomic mass is 9.95. The van der Waals surface area contributed by atoms with Gasteiger partial charge >= 0.3 is 5.97 Å². The van der Waals surface area contributed by atoms with E-state index < -0.39 is 0 Å². The molecule has 3 aromatic rings. The molecule has 1 aliphatic heterocycles. The molecule has 0 radical (unpaired) electrons. The first-order chi connectivity index (χ1) is 16.1. The number of esters is 1. The fourth-order valence-electron chi connectivity index (χ4n) is 4.50. The van der Waals surface area contributed by atoms with Crippen LogP contribution in [0.15, 0.2) is 41.8 Å². The number of hydrogen-bond acceptors (Lipinski definition) is 6. The summed E-state index contributed by atoms with van der Waals surface area (Å²) < 4.78 is 5.35. The van der Waals surface area contributed by atoms with Crippen LogP contribution in [-0.2, 0) is 22.5 Å². The smallest absolute Gasteiger partial charge is 0.340 e. The minimum Gasteiger partial charge on any atom is -0.462 e. The number of likely N-dealkylation sites (tertiary alicyclic amines) is 1. The first-order valence-electron chi connectivity index (χ1n) is 11.6. The molecule has 1 aromatic carbocycles. The van der Waals surface area contributed by atoms with Crippen LogP contribution in [0.3, 0.4) is 0 Å². The second kappa shape index (κ2) is 10.9. The number of pyridine rings is 1. The van der Waals surface area contributed by atoms with Crippen molar-refractivity contribution in [3.63, 3.8) is 0 Å². The molecule has 1 saturated heterocycles. The van der Waals surface area contributed by atoms with Gasteiger partial charge in [0.25, 0.3) is 0 Å². The molecule has 0 atom stereocenters. The minimum absolute atomic E-state index is 0.0420. The SMILES string of the molecule is CCOC(=O)c1c(CN2CCC(C(=O)NCCc3cccs3)CC2)nc2ccccc2c1C. The Labute approximate surface area is 199 Å². The van der Waals surface area contributed by atoms with E-state index in [2.05, 4.69) is 21.7 Å². The quantitative estimate of drug-likeness (QED) is 0.501. The van der Waals surface area contributed by atoms with Crippen LogP contribution in [0.4, 0.5) is 0 Å². The van der Waals surface area contributed by atoms with Gasteiger partial charge in [0.2, 0.25) is 5.91 Å². The molecule has 0 aliphatic carbocycles. The second-order valence-electron chi connectivity index (χ2n) is 8.47. The molecule has 1 fully saturated rings. The molecule has 6 nitrogen and oxygen atoms in total. The number of piperidine rings is 1. The van der Waals surface area contributed by atoms with Gasteiger partial charge in [0, 0.05) is 29.3 Å². The highest BCUT2D eigenvalue weighted by Gasteiger charge is 2.27. The Morgan fingerprint density at radius 2 is 1.97 bits per heavy atom. The standard InChI is InChI=1S/C26H31N3O3S/c1-3-32-26(31)24-18(2)21-8-4-5-9-22(21)28-23(24)17-29-14-11-19(12-15-29)25(30)27-13-10-20-7-6-16-33-20/h4-9,16,19H,3,10-15,17H2,1-2H3,(H,27,30). The van der Waals surface area contributed by atoms with Gasteiger partial charge in [0.05, 0.1) is 23.4 Å². The van der Waals surface area contributed by atoms with Gasteiger partial charge in [-0.05, 0) is 69.3 Å². The lowest BCUT2D eigenvalue weighted by molar-refractivity contribution is -0.126. The van der Waals surface area contributed by atoms with Crippen molar-refractivity contribution in [2.75, 3.05) is 26.2 Å². The summed E-state index contributed by atoms with van der Waals surface area (Å²) in [5.74, 6) is -0.123. The summed E-state index contributed by atoms with van der Waals surface area (Å²) in [6.45, 7) is 6.98. The van der Waals surface area contributed by atoms with Crippen molar-refractivity contribution in [3.8, 4) is 0 Å². The van der Waals surface area contributed by atoms with Crippen molar-refractivity contribution < 1.29 is 14.3 Å². The summed E-state index contributed by atoms with van der Waals surface area (Å²) in [7, 11) is 0. The van der Waals surface area contributed by atoms with E-state index in [0.29, 0.717) is 25.3 Å². The largest absolute Gasteiger partial charge is 0.462 e. The molecule has 174 valence electrons. The molecule has 4 rings (SSSR count). The van der Waals surface area contributed by atoms with Crippen LogP contribution in [0.5, 0.6) is 0 Å². The summed E-state index contributed by atoms with van der Waals surface area (Å²) in [4.78, 5) is 33.8. The number of para-hydroxylation sites is 1. The van der Waals surface area contributed by atoms with E-state index in [1.807, 2.05) is 44.2 Å². The summed E-state index contributed by atoms with van der Waals surface area (Å²) in [5, 5.41) is 6.13. The van der Waals surface area contributed by atoms with E-state index >= 15 is 0 Å². The first-order valence-corrected chi connectivity index (χ1v) is 12.5. The van der Waals surface area contributed by atoms with Gasteiger partial charge in [-0.2, -0.15) is 0 Å². The molecular weight excluding hydrogens is 434 g/mol. The van der Waals surface area contributed by atoms with Gasteiger partial charge in [0.15, 0.2) is 0 Å². The normalized spacial score (nSPS) is 15.0. The molecule has 2 aromatic heterocycles. The third-order valence-electron chi connectivity index (χ3n) is 6.29. The molecular formula is C26H31N3O3S. The number of carbonyl (C=O) groups excluding carboxylic acids is 2. The fourth-order valence-corrected chi connectivity index (χ4v) is 5.21. The second-order valence-corrected chi connectivity index (χ2v) is 9.50. The van der Waals surface area contributed by atoms with Crippen LogP contribution < -0.4 is 5.32 Å². The zero-order chi connectivity index (χ0) is 23.2. The maximum atomic E-state index is 12.8. The monoisotopic (exact) mass is 465 g/mol. The number of amides is 1. The predicted molar refractivity (Wildman–Crippen MR) is 131 cm³/mol. The van der Waals surface area contributed by atoms with Gasteiger partial charge in [0.1, 0.15) is 0 Å². The topological polar surface area (TPSA) is 71.5 Å². The number of nitrogens with zero attached hydrogens (tertiary/aromatic N) is 2. The minimum atomic E-state index is -0.316. The van der Waals surface area contributed by atoms with Crippen LogP contribution in [0.2, 0.25) is 0 Å². The molecule has 0 saturated carbocycles. The zero-order valence-electron chi connectivity index (χ0n) is 19.3. The maximum Gasteiger partial charge on any atom is 0.340 e. The number of rotatable bonds is 8. The maximum absolute atomic E-state index is 12.8. The van der Waals surface area contributed by atoms with Gasteiger partial charge in [-0.3, -0.25) is 14.7 Å². The van der Waals surface area contributed by atoms with Gasteiger partial charge in [-0.15, -0.1) is 11.3 Å².